The maximum absolute atomic E-state index is 8.98. The highest BCUT2D eigenvalue weighted by atomic mass is 14.6. The number of rotatable bonds is 3. The van der Waals surface area contributed by atoms with Crippen LogP contribution in [0.3, 0.4) is 0 Å². The van der Waals surface area contributed by atoms with E-state index in [-0.39, 0.29) is 5.41 Å². The van der Waals surface area contributed by atoms with Crippen molar-refractivity contribution >= 4 is 0 Å². The van der Waals surface area contributed by atoms with Gasteiger partial charge in [0.2, 0.25) is 0 Å². The molecule has 2 N–H and O–H groups in total. The first kappa shape index (κ1) is 10.7. The monoisotopic (exact) mass is 188 g/mol. The molecule has 0 saturated heterocycles. The van der Waals surface area contributed by atoms with Crippen molar-refractivity contribution in [1.29, 1.82) is 5.26 Å². The summed E-state index contributed by atoms with van der Waals surface area (Å²) < 4.78 is 0. The van der Waals surface area contributed by atoms with Crippen molar-refractivity contribution in [2.45, 2.75) is 25.7 Å². The van der Waals surface area contributed by atoms with Gasteiger partial charge in [-0.3, -0.25) is 0 Å². The molecule has 2 nitrogen and oxygen atoms in total. The van der Waals surface area contributed by atoms with Gasteiger partial charge in [0.05, 0.1) is 11.6 Å². The zero-order valence-corrected chi connectivity index (χ0v) is 8.75. The summed E-state index contributed by atoms with van der Waals surface area (Å²) in [5.41, 5.74) is 7.49. The third kappa shape index (κ3) is 1.78. The van der Waals surface area contributed by atoms with E-state index in [4.69, 9.17) is 11.0 Å². The van der Waals surface area contributed by atoms with E-state index in [1.54, 1.807) is 0 Å². The zero-order chi connectivity index (χ0) is 10.6. The molecule has 1 aromatic rings. The van der Waals surface area contributed by atoms with Crippen LogP contribution in [0.15, 0.2) is 24.3 Å². The molecular weight excluding hydrogens is 172 g/mol. The largest absolute Gasteiger partial charge is 0.330 e. The summed E-state index contributed by atoms with van der Waals surface area (Å²) in [5, 5.41) is 8.98. The third-order valence-corrected chi connectivity index (χ3v) is 2.93. The zero-order valence-electron chi connectivity index (χ0n) is 8.75. The van der Waals surface area contributed by atoms with Gasteiger partial charge in [-0.15, -0.1) is 0 Å². The van der Waals surface area contributed by atoms with Crippen molar-refractivity contribution < 1.29 is 0 Å². The van der Waals surface area contributed by atoms with Crippen LogP contribution in [-0.4, -0.2) is 6.54 Å². The molecule has 1 atom stereocenters. The van der Waals surface area contributed by atoms with Gasteiger partial charge in [-0.2, -0.15) is 5.26 Å². The topological polar surface area (TPSA) is 49.8 Å². The minimum absolute atomic E-state index is 0.0771. The molecule has 2 heteroatoms. The minimum Gasteiger partial charge on any atom is -0.330 e. The number of hydrogen-bond acceptors (Lipinski definition) is 2. The Labute approximate surface area is 85.4 Å². The fourth-order valence-corrected chi connectivity index (χ4v) is 1.55. The lowest BCUT2D eigenvalue weighted by Gasteiger charge is -2.27. The van der Waals surface area contributed by atoms with E-state index in [0.29, 0.717) is 6.54 Å². The molecule has 0 saturated carbocycles. The highest BCUT2D eigenvalue weighted by molar-refractivity contribution is 5.42. The Morgan fingerprint density at radius 2 is 2.07 bits per heavy atom. The lowest BCUT2D eigenvalue weighted by atomic mass is 9.78. The molecular formula is C12H16N2. The fourth-order valence-electron chi connectivity index (χ4n) is 1.55. The van der Waals surface area contributed by atoms with Crippen molar-refractivity contribution in [3.63, 3.8) is 0 Å². The second-order valence-corrected chi connectivity index (χ2v) is 3.78. The molecule has 1 rings (SSSR count). The first-order valence-electron chi connectivity index (χ1n) is 4.87. The Kier molecular flexibility index (Phi) is 3.27. The minimum atomic E-state index is -0.0771. The Morgan fingerprint density at radius 1 is 1.43 bits per heavy atom. The second-order valence-electron chi connectivity index (χ2n) is 3.78. The van der Waals surface area contributed by atoms with Gasteiger partial charge in [-0.05, 0) is 18.1 Å². The third-order valence-electron chi connectivity index (χ3n) is 2.93. The van der Waals surface area contributed by atoms with Crippen LogP contribution in [0.4, 0.5) is 0 Å². The van der Waals surface area contributed by atoms with Crippen LogP contribution in [-0.2, 0) is 5.41 Å². The van der Waals surface area contributed by atoms with Crippen LogP contribution in [0.5, 0.6) is 0 Å². The summed E-state index contributed by atoms with van der Waals surface area (Å²) in [6.07, 6.45) is 0.947. The Morgan fingerprint density at radius 3 is 2.57 bits per heavy atom. The standard InChI is InChI=1S/C12H16N2/c1-3-12(2,9-14)11-7-5-4-6-10(11)8-13/h4-7H,3,9,14H2,1-2H3. The average Bonchev–Trinajstić information content (AvgIpc) is 2.28. The van der Waals surface area contributed by atoms with Crippen LogP contribution in [0, 0.1) is 11.3 Å². The second kappa shape index (κ2) is 4.26. The van der Waals surface area contributed by atoms with E-state index < -0.39 is 0 Å². The SMILES string of the molecule is CCC(C)(CN)c1ccccc1C#N. The van der Waals surface area contributed by atoms with Crippen LogP contribution in [0.1, 0.15) is 31.4 Å². The van der Waals surface area contributed by atoms with Gasteiger partial charge in [0.1, 0.15) is 0 Å². The maximum atomic E-state index is 8.98. The predicted octanol–water partition coefficient (Wildman–Crippen LogP) is 2.18. The van der Waals surface area contributed by atoms with Gasteiger partial charge < -0.3 is 5.73 Å². The maximum Gasteiger partial charge on any atom is 0.0994 e. The first-order chi connectivity index (χ1) is 6.68. The molecule has 74 valence electrons. The van der Waals surface area contributed by atoms with Gasteiger partial charge in [0.15, 0.2) is 0 Å². The van der Waals surface area contributed by atoms with Crippen molar-refractivity contribution in [2.24, 2.45) is 5.73 Å². The van der Waals surface area contributed by atoms with Crippen LogP contribution in [0.25, 0.3) is 0 Å². The summed E-state index contributed by atoms with van der Waals surface area (Å²) in [6, 6.07) is 9.90. The number of hydrogen-bond donors (Lipinski definition) is 1. The molecule has 0 fully saturated rings. The van der Waals surface area contributed by atoms with Crippen molar-refractivity contribution in [3.8, 4) is 6.07 Å². The van der Waals surface area contributed by atoms with Gasteiger partial charge in [0, 0.05) is 12.0 Å². The Hall–Kier alpha value is -1.33. The van der Waals surface area contributed by atoms with E-state index in [2.05, 4.69) is 19.9 Å². The van der Waals surface area contributed by atoms with E-state index in [1.165, 1.54) is 0 Å². The summed E-state index contributed by atoms with van der Waals surface area (Å²) in [7, 11) is 0. The molecule has 0 bridgehead atoms. The molecule has 1 aromatic carbocycles. The van der Waals surface area contributed by atoms with Crippen LogP contribution >= 0.6 is 0 Å². The highest BCUT2D eigenvalue weighted by Gasteiger charge is 2.25. The molecule has 0 radical (unpaired) electrons. The normalized spacial score (nSPS) is 14.4. The molecule has 1 unspecified atom stereocenters. The van der Waals surface area contributed by atoms with Gasteiger partial charge in [-0.1, -0.05) is 32.0 Å². The van der Waals surface area contributed by atoms with Gasteiger partial charge in [0.25, 0.3) is 0 Å². The molecule has 0 aliphatic carbocycles. The number of nitriles is 1. The number of nitrogens with two attached hydrogens (primary N) is 1. The van der Waals surface area contributed by atoms with E-state index in [9.17, 15) is 0 Å². The predicted molar refractivity (Wildman–Crippen MR) is 57.9 cm³/mol. The van der Waals surface area contributed by atoms with Crippen molar-refractivity contribution in [2.75, 3.05) is 6.54 Å². The average molecular weight is 188 g/mol. The lowest BCUT2D eigenvalue weighted by molar-refractivity contribution is 0.466. The van der Waals surface area contributed by atoms with Crippen molar-refractivity contribution in [1.82, 2.24) is 0 Å². The summed E-state index contributed by atoms with van der Waals surface area (Å²) in [5.74, 6) is 0. The van der Waals surface area contributed by atoms with Gasteiger partial charge in [-0.25, -0.2) is 0 Å². The Bertz CT molecular complexity index is 346. The van der Waals surface area contributed by atoms with E-state index >= 15 is 0 Å². The van der Waals surface area contributed by atoms with Gasteiger partial charge >= 0.3 is 0 Å². The fraction of sp³-hybridized carbons (Fsp3) is 0.417. The number of benzene rings is 1. The molecule has 0 heterocycles. The van der Waals surface area contributed by atoms with Crippen LogP contribution < -0.4 is 5.73 Å². The molecule has 14 heavy (non-hydrogen) atoms. The summed E-state index contributed by atoms with van der Waals surface area (Å²) in [4.78, 5) is 0. The molecule has 0 amide bonds. The Balaban J connectivity index is 3.24. The van der Waals surface area contributed by atoms with E-state index in [0.717, 1.165) is 17.5 Å². The number of nitrogens with zero attached hydrogens (tertiary/aromatic N) is 1. The van der Waals surface area contributed by atoms with Crippen molar-refractivity contribution in [3.05, 3.63) is 35.4 Å². The molecule has 0 aliphatic heterocycles. The first-order valence-corrected chi connectivity index (χ1v) is 4.87. The molecule has 0 aliphatic rings. The molecule has 0 spiro atoms. The highest BCUT2D eigenvalue weighted by Crippen LogP contribution is 2.28. The summed E-state index contributed by atoms with van der Waals surface area (Å²) in [6.45, 7) is 4.77. The molecule has 0 aromatic heterocycles. The lowest BCUT2D eigenvalue weighted by Crippen LogP contribution is -2.31. The summed E-state index contributed by atoms with van der Waals surface area (Å²) >= 11 is 0. The van der Waals surface area contributed by atoms with E-state index in [1.807, 2.05) is 24.3 Å². The van der Waals surface area contributed by atoms with Crippen LogP contribution in [0.2, 0.25) is 0 Å². The smallest absolute Gasteiger partial charge is 0.0994 e. The quantitative estimate of drug-likeness (QED) is 0.790.